The molecule has 2 heterocycles. The topological polar surface area (TPSA) is 52.1 Å². The lowest BCUT2D eigenvalue weighted by molar-refractivity contribution is 0.336. The summed E-state index contributed by atoms with van der Waals surface area (Å²) in [5.74, 6) is 0. The lowest BCUT2D eigenvalue weighted by Gasteiger charge is -2.11. The second-order valence-electron chi connectivity index (χ2n) is 6.20. The Morgan fingerprint density at radius 1 is 0.577 bits per heavy atom. The summed E-state index contributed by atoms with van der Waals surface area (Å²) in [6, 6.07) is 11.4. The monoisotopic (exact) mass is 1390 g/mol. The van der Waals surface area contributed by atoms with E-state index in [9.17, 15) is 4.57 Å². The van der Waals surface area contributed by atoms with Crippen molar-refractivity contribution in [1.82, 2.24) is 9.97 Å². The van der Waals surface area contributed by atoms with Gasteiger partial charge in [-0.05, 0) is 31.2 Å². The number of rotatable bonds is 5. The molecule has 2 aromatic heterocycles. The molecular formula is C16H25Br2N2O2PS29. The van der Waals surface area contributed by atoms with Crippen LogP contribution in [0.25, 0.3) is 0 Å². The standard InChI is InChI=1S/C9H14NO2P.C6H6BrN.CH4.BrH.S29/c1-3-12-13(2,11)8-9-6-4-5-7-10-9;7-5-6-3-1-2-4-8-6;;;1-3-5-7-9-11-13-15-17-19-21-23-25-27-29-28-26-24-22-20-18-16-14-12-10-8-6-4-2/h4-7H,3,8H2,1-2H3;1-4H,5H2;1H4;1H;. The molecule has 4 nitrogen and oxygen atoms in total. The Morgan fingerprint density at radius 2 is 0.865 bits per heavy atom. The van der Waals surface area contributed by atoms with E-state index in [1.165, 1.54) is 17.8 Å². The van der Waals surface area contributed by atoms with E-state index in [2.05, 4.69) is 25.9 Å². The predicted molar refractivity (Wildman–Crippen MR) is 321 cm³/mol. The summed E-state index contributed by atoms with van der Waals surface area (Å²) in [5, 5.41) is 0.841. The van der Waals surface area contributed by atoms with Crippen LogP contribution in [0.1, 0.15) is 25.7 Å². The van der Waals surface area contributed by atoms with E-state index < -0.39 is 7.37 Å². The second-order valence-corrected chi connectivity index (χ2v) is 57.1. The van der Waals surface area contributed by atoms with Crippen LogP contribution in [0.3, 0.4) is 0 Å². The molecule has 304 valence electrons. The fraction of sp³-hybridized carbons (Fsp3) is 0.375. The van der Waals surface area contributed by atoms with Crippen molar-refractivity contribution in [1.29, 1.82) is 0 Å². The van der Waals surface area contributed by atoms with Gasteiger partial charge in [-0.2, -0.15) is 0 Å². The molecule has 1 unspecified atom stereocenters. The van der Waals surface area contributed by atoms with E-state index in [0.717, 1.165) is 16.7 Å². The van der Waals surface area contributed by atoms with Gasteiger partial charge < -0.3 is 4.52 Å². The third kappa shape index (κ3) is 48.5. The van der Waals surface area contributed by atoms with Crippen LogP contribution in [0.4, 0.5) is 0 Å². The van der Waals surface area contributed by atoms with E-state index in [-0.39, 0.29) is 24.4 Å². The molecule has 0 fully saturated rings. The third-order valence-electron chi connectivity index (χ3n) is 3.16. The Bertz CT molecular complexity index is 2510. The Hall–Kier alpha value is 5.83. The minimum Gasteiger partial charge on any atom is -0.329 e. The van der Waals surface area contributed by atoms with Crippen LogP contribution in [0.5, 0.6) is 0 Å². The number of nitrogens with zero attached hydrogens (tertiary/aromatic N) is 2. The summed E-state index contributed by atoms with van der Waals surface area (Å²) < 4.78 is 16.9. The normalized spacial score (nSPS) is 9.44. The lowest BCUT2D eigenvalue weighted by atomic mass is 10.4. The van der Waals surface area contributed by atoms with E-state index >= 15 is 0 Å². The van der Waals surface area contributed by atoms with Crippen molar-refractivity contribution in [2.45, 2.75) is 25.8 Å². The Balaban J connectivity index is -0.000000849. The van der Waals surface area contributed by atoms with Gasteiger partial charge >= 0.3 is 0 Å². The van der Waals surface area contributed by atoms with Crippen molar-refractivity contribution in [3.8, 4) is 0 Å². The Labute approximate surface area is 411 Å². The zero-order chi connectivity index (χ0) is 36.6. The molecule has 1 atom stereocenters. The van der Waals surface area contributed by atoms with Gasteiger partial charge in [0.25, 0.3) is 0 Å². The average Bonchev–Trinajstić information content (AvgIpc) is 3.12. The van der Waals surface area contributed by atoms with Crippen LogP contribution in [0, 0.1) is 0 Å². The number of hydrogen-bond acceptors (Lipinski definition) is 6. The number of halogens is 2. The quantitative estimate of drug-likeness (QED) is 0.286. The minimum atomic E-state index is -2.48. The lowest BCUT2D eigenvalue weighted by Crippen LogP contribution is -1.94. The molecule has 0 saturated carbocycles. The van der Waals surface area contributed by atoms with Crippen LogP contribution in [0.15, 0.2) is 48.8 Å². The Morgan fingerprint density at radius 3 is 1.08 bits per heavy atom. The molecule has 0 aliphatic heterocycles. The number of hydrogen-bond donors (Lipinski definition) is 0. The van der Waals surface area contributed by atoms with Gasteiger partial charge in [-0.15, -0.1) is 17.0 Å². The molecular weight excluding hydrogens is 1370 g/mol. The minimum absolute atomic E-state index is 0. The molecule has 0 spiro atoms. The van der Waals surface area contributed by atoms with Gasteiger partial charge in [0, 0.05) is 292 Å². The summed E-state index contributed by atoms with van der Waals surface area (Å²) in [7, 11) is 44.8. The van der Waals surface area contributed by atoms with Crippen molar-refractivity contribution in [3.63, 3.8) is 0 Å². The van der Waals surface area contributed by atoms with E-state index in [4.69, 9.17) is 26.9 Å². The van der Waals surface area contributed by atoms with Crippen molar-refractivity contribution < 1.29 is 9.09 Å². The van der Waals surface area contributed by atoms with E-state index in [1.807, 2.05) is 141 Å². The number of aromatic nitrogens is 2. The maximum Gasteiger partial charge on any atom is 0.205 e. The molecule has 36 heteroatoms. The molecule has 2 rings (SSSR count). The van der Waals surface area contributed by atoms with Crippen molar-refractivity contribution in [2.24, 2.45) is 0 Å². The number of alkyl halides is 1. The fourth-order valence-corrected chi connectivity index (χ4v) is 72.2. The first-order valence-electron chi connectivity index (χ1n) is 11.3. The fourth-order valence-electron chi connectivity index (χ4n) is 1.87. The van der Waals surface area contributed by atoms with Crippen molar-refractivity contribution >= 4 is 302 Å². The zero-order valence-corrected chi connectivity index (χ0v) is 52.4. The molecule has 2 aromatic rings. The molecule has 0 aliphatic rings. The van der Waals surface area contributed by atoms with Gasteiger partial charge in [0.15, 0.2) is 0 Å². The highest BCUT2D eigenvalue weighted by Gasteiger charge is 2.16. The van der Waals surface area contributed by atoms with Crippen LogP contribution >= 0.6 is 40.3 Å². The highest BCUT2D eigenvalue weighted by atomic mass is 79.9. The first-order valence-corrected chi connectivity index (χ1v) is 52.0. The predicted octanol–water partition coefficient (Wildman–Crippen LogP) is 5.65. The highest BCUT2D eigenvalue weighted by molar-refractivity contribution is 9.08. The van der Waals surface area contributed by atoms with Gasteiger partial charge in [-0.3, -0.25) is 14.5 Å². The molecule has 0 aliphatic carbocycles. The van der Waals surface area contributed by atoms with Gasteiger partial charge in [-0.1, -0.05) is 35.5 Å². The first kappa shape index (κ1) is 62.1. The molecule has 52 heavy (non-hydrogen) atoms. The summed E-state index contributed by atoms with van der Waals surface area (Å²) in [6.45, 7) is 3.97. The molecule has 0 aromatic carbocycles. The number of pyridine rings is 2. The van der Waals surface area contributed by atoms with Crippen molar-refractivity contribution in [3.05, 3.63) is 60.2 Å². The third-order valence-corrected chi connectivity index (χ3v) is 63.2. The molecule has 0 saturated heterocycles. The summed E-state index contributed by atoms with van der Waals surface area (Å²) in [5.41, 5.74) is 1.90. The summed E-state index contributed by atoms with van der Waals surface area (Å²) >= 11 is 12.9. The van der Waals surface area contributed by atoms with Crippen LogP contribution < -0.4 is 0 Å². The molecule has 0 amide bonds. The largest absolute Gasteiger partial charge is 0.329 e. The zero-order valence-electron chi connectivity index (χ0n) is 24.5. The Kier molecular flexibility index (Phi) is 61.1. The van der Waals surface area contributed by atoms with Crippen LogP contribution in [-0.4, -0.2) is 23.2 Å². The van der Waals surface area contributed by atoms with Gasteiger partial charge in [0.05, 0.1) is 18.5 Å². The van der Waals surface area contributed by atoms with E-state index in [0.29, 0.717) is 12.8 Å². The van der Waals surface area contributed by atoms with Gasteiger partial charge in [0.2, 0.25) is 7.37 Å². The van der Waals surface area contributed by atoms with Gasteiger partial charge in [-0.25, -0.2) is 0 Å². The van der Waals surface area contributed by atoms with E-state index in [1.54, 1.807) is 143 Å². The van der Waals surface area contributed by atoms with Crippen LogP contribution in [-0.2, 0) is 283 Å². The average molecular weight is 1400 g/mol. The first-order chi connectivity index (χ1) is 24.5. The smallest absolute Gasteiger partial charge is 0.205 e. The SMILES string of the molecule is Br.BrCc1ccccn1.C.CCOP(C)(=O)Cc1ccccn1.S=S=S=S=S=S=S=S=S=S=S=S=S=S=S=S=S=S=S=S=S=S=S=S=S=S=S=S=S. The second kappa shape index (κ2) is 51.2. The maximum atomic E-state index is 11.7. The molecule has 0 radical (unpaired) electrons. The van der Waals surface area contributed by atoms with Crippen LogP contribution in [0.2, 0.25) is 0 Å². The van der Waals surface area contributed by atoms with Gasteiger partial charge in [0.1, 0.15) is 0 Å². The van der Waals surface area contributed by atoms with Crippen molar-refractivity contribution in [2.75, 3.05) is 13.3 Å². The molecule has 0 N–H and O–H groups in total. The molecule has 0 bridgehead atoms. The highest BCUT2D eigenvalue weighted by Crippen LogP contribution is 2.45. The summed E-state index contributed by atoms with van der Waals surface area (Å²) in [4.78, 5) is 8.14. The summed E-state index contributed by atoms with van der Waals surface area (Å²) in [6.07, 6.45) is 3.90. The maximum absolute atomic E-state index is 11.7.